The van der Waals surface area contributed by atoms with Crippen LogP contribution < -0.4 is 0 Å². The first kappa shape index (κ1) is 22.1. The van der Waals surface area contributed by atoms with E-state index in [-0.39, 0.29) is 18.4 Å². The van der Waals surface area contributed by atoms with E-state index in [0.29, 0.717) is 22.5 Å². The van der Waals surface area contributed by atoms with Crippen molar-refractivity contribution in [3.63, 3.8) is 0 Å². The smallest absolute Gasteiger partial charge is 0.308 e. The number of carbonyl (C=O) groups excluding carboxylic acids is 2. The lowest BCUT2D eigenvalue weighted by atomic mass is 9.83. The van der Waals surface area contributed by atoms with E-state index in [4.69, 9.17) is 32.7 Å². The highest BCUT2D eigenvalue weighted by Gasteiger charge is 2.45. The number of hydrogen-bond acceptors (Lipinski definition) is 4. The van der Waals surface area contributed by atoms with E-state index in [1.54, 1.807) is 6.07 Å². The summed E-state index contributed by atoms with van der Waals surface area (Å²) in [5.41, 5.74) is 1.78. The molecular weight excluding hydrogens is 437 g/mol. The fourth-order valence-electron chi connectivity index (χ4n) is 4.28. The standard InChI is InChI=1S/C24H25Cl2NO4/c1-30-21(28)13-20-24(29)27(14-15-4-2-5-15)22(16-8-10-18(25)11-9-16)23(31-20)17-6-3-7-19(26)12-17/h3,6-12,15,20,22-23H,2,4-5,13-14H2,1H3. The molecule has 1 aliphatic heterocycles. The van der Waals surface area contributed by atoms with Crippen molar-refractivity contribution in [1.82, 2.24) is 4.90 Å². The van der Waals surface area contributed by atoms with Gasteiger partial charge in [-0.25, -0.2) is 0 Å². The Labute approximate surface area is 192 Å². The van der Waals surface area contributed by atoms with E-state index in [0.717, 1.165) is 24.0 Å². The third kappa shape index (κ3) is 4.89. The molecule has 4 rings (SSSR count). The zero-order chi connectivity index (χ0) is 22.0. The zero-order valence-corrected chi connectivity index (χ0v) is 18.8. The van der Waals surface area contributed by atoms with Gasteiger partial charge in [-0.05, 0) is 54.2 Å². The van der Waals surface area contributed by atoms with Crippen molar-refractivity contribution in [2.45, 2.75) is 43.9 Å². The topological polar surface area (TPSA) is 55.8 Å². The molecule has 0 aromatic heterocycles. The molecule has 164 valence electrons. The Morgan fingerprint density at radius 3 is 2.45 bits per heavy atom. The molecule has 7 heteroatoms. The van der Waals surface area contributed by atoms with Gasteiger partial charge in [-0.15, -0.1) is 0 Å². The van der Waals surface area contributed by atoms with Crippen LogP contribution in [0.25, 0.3) is 0 Å². The summed E-state index contributed by atoms with van der Waals surface area (Å²) in [5, 5.41) is 1.21. The van der Waals surface area contributed by atoms with Crippen LogP contribution in [0.3, 0.4) is 0 Å². The molecule has 3 atom stereocenters. The van der Waals surface area contributed by atoms with Crippen molar-refractivity contribution in [2.24, 2.45) is 5.92 Å². The molecule has 1 saturated heterocycles. The predicted molar refractivity (Wildman–Crippen MR) is 119 cm³/mol. The van der Waals surface area contributed by atoms with Gasteiger partial charge in [0, 0.05) is 16.6 Å². The lowest BCUT2D eigenvalue weighted by molar-refractivity contribution is -0.181. The number of amides is 1. The van der Waals surface area contributed by atoms with E-state index in [1.165, 1.54) is 13.5 Å². The third-order valence-electron chi connectivity index (χ3n) is 6.14. The molecule has 2 aliphatic rings. The molecule has 3 unspecified atom stereocenters. The van der Waals surface area contributed by atoms with Crippen LogP contribution in [0.4, 0.5) is 0 Å². The second-order valence-electron chi connectivity index (χ2n) is 8.16. The number of hydrogen-bond donors (Lipinski definition) is 0. The quantitative estimate of drug-likeness (QED) is 0.542. The van der Waals surface area contributed by atoms with E-state index in [9.17, 15) is 9.59 Å². The molecule has 1 aliphatic carbocycles. The maximum absolute atomic E-state index is 13.5. The minimum Gasteiger partial charge on any atom is -0.469 e. The summed E-state index contributed by atoms with van der Waals surface area (Å²) < 4.78 is 11.1. The minimum absolute atomic E-state index is 0.124. The molecule has 0 N–H and O–H groups in total. The largest absolute Gasteiger partial charge is 0.469 e. The Morgan fingerprint density at radius 2 is 1.84 bits per heavy atom. The Bertz CT molecular complexity index is 945. The van der Waals surface area contributed by atoms with Gasteiger partial charge >= 0.3 is 5.97 Å². The van der Waals surface area contributed by atoms with Gasteiger partial charge in [0.2, 0.25) is 0 Å². The first-order valence-corrected chi connectivity index (χ1v) is 11.3. The predicted octanol–water partition coefficient (Wildman–Crippen LogP) is 5.37. The number of rotatable bonds is 6. The Kier molecular flexibility index (Phi) is 6.85. The van der Waals surface area contributed by atoms with E-state index in [2.05, 4.69) is 0 Å². The second kappa shape index (κ2) is 9.60. The molecule has 0 radical (unpaired) electrons. The Balaban J connectivity index is 1.77. The molecule has 0 bridgehead atoms. The summed E-state index contributed by atoms with van der Waals surface area (Å²) >= 11 is 12.4. The SMILES string of the molecule is COC(=O)CC1OC(c2cccc(Cl)c2)C(c2ccc(Cl)cc2)N(CC2CCC2)C1=O. The Hall–Kier alpha value is -2.08. The van der Waals surface area contributed by atoms with Crippen molar-refractivity contribution in [3.05, 3.63) is 69.7 Å². The van der Waals surface area contributed by atoms with Gasteiger partial charge in [-0.2, -0.15) is 0 Å². The number of carbonyl (C=O) groups is 2. The normalized spacial score (nSPS) is 24.0. The highest BCUT2D eigenvalue weighted by atomic mass is 35.5. The number of morpholine rings is 1. The summed E-state index contributed by atoms with van der Waals surface area (Å²) in [6.45, 7) is 0.629. The fraction of sp³-hybridized carbons (Fsp3) is 0.417. The van der Waals surface area contributed by atoms with E-state index >= 15 is 0 Å². The number of esters is 1. The highest BCUT2D eigenvalue weighted by Crippen LogP contribution is 2.44. The first-order chi connectivity index (χ1) is 15.0. The van der Waals surface area contributed by atoms with Crippen molar-refractivity contribution >= 4 is 35.1 Å². The van der Waals surface area contributed by atoms with E-state index in [1.807, 2.05) is 47.4 Å². The molecule has 2 aromatic rings. The van der Waals surface area contributed by atoms with E-state index < -0.39 is 18.2 Å². The van der Waals surface area contributed by atoms with Crippen LogP contribution in [0.1, 0.15) is 49.0 Å². The van der Waals surface area contributed by atoms with Crippen molar-refractivity contribution in [1.29, 1.82) is 0 Å². The van der Waals surface area contributed by atoms with Gasteiger partial charge in [0.1, 0.15) is 12.2 Å². The van der Waals surface area contributed by atoms with Gasteiger partial charge < -0.3 is 14.4 Å². The number of benzene rings is 2. The van der Waals surface area contributed by atoms with Gasteiger partial charge in [0.15, 0.2) is 0 Å². The molecule has 0 spiro atoms. The van der Waals surface area contributed by atoms with Crippen molar-refractivity contribution in [3.8, 4) is 0 Å². The van der Waals surface area contributed by atoms with Crippen LogP contribution in [0.2, 0.25) is 10.0 Å². The van der Waals surface area contributed by atoms with Crippen LogP contribution in [0, 0.1) is 5.92 Å². The van der Waals surface area contributed by atoms with Crippen LogP contribution >= 0.6 is 23.2 Å². The highest BCUT2D eigenvalue weighted by molar-refractivity contribution is 6.30. The summed E-state index contributed by atoms with van der Waals surface area (Å²) in [4.78, 5) is 27.4. The fourth-order valence-corrected chi connectivity index (χ4v) is 4.61. The Morgan fingerprint density at radius 1 is 1.10 bits per heavy atom. The minimum atomic E-state index is -0.903. The summed E-state index contributed by atoms with van der Waals surface area (Å²) in [6, 6.07) is 14.6. The van der Waals surface area contributed by atoms with Crippen LogP contribution in [-0.4, -0.2) is 36.5 Å². The average Bonchev–Trinajstić information content (AvgIpc) is 2.73. The molecule has 5 nitrogen and oxygen atoms in total. The molecule has 1 amide bonds. The maximum atomic E-state index is 13.5. The van der Waals surface area contributed by atoms with Crippen molar-refractivity contribution in [2.75, 3.05) is 13.7 Å². The van der Waals surface area contributed by atoms with Gasteiger partial charge in [0.25, 0.3) is 5.91 Å². The molecule has 2 fully saturated rings. The van der Waals surface area contributed by atoms with Gasteiger partial charge in [0.05, 0.1) is 19.6 Å². The lowest BCUT2D eigenvalue weighted by Gasteiger charge is -2.46. The molecule has 1 saturated carbocycles. The molecule has 31 heavy (non-hydrogen) atoms. The monoisotopic (exact) mass is 461 g/mol. The summed E-state index contributed by atoms with van der Waals surface area (Å²) in [5.74, 6) is -0.206. The zero-order valence-electron chi connectivity index (χ0n) is 17.3. The summed E-state index contributed by atoms with van der Waals surface area (Å²) in [6.07, 6.45) is 1.87. The van der Waals surface area contributed by atoms with Gasteiger partial charge in [-0.1, -0.05) is 53.9 Å². The number of ether oxygens (including phenoxy) is 2. The molecule has 2 aromatic carbocycles. The van der Waals surface area contributed by atoms with Crippen LogP contribution in [0.15, 0.2) is 48.5 Å². The maximum Gasteiger partial charge on any atom is 0.308 e. The average molecular weight is 462 g/mol. The number of methoxy groups -OCH3 is 1. The first-order valence-electron chi connectivity index (χ1n) is 10.5. The number of halogens is 2. The summed E-state index contributed by atoms with van der Waals surface area (Å²) in [7, 11) is 1.31. The lowest BCUT2D eigenvalue weighted by Crippen LogP contribution is -2.53. The van der Waals surface area contributed by atoms with Crippen LogP contribution in [-0.2, 0) is 19.1 Å². The van der Waals surface area contributed by atoms with Crippen molar-refractivity contribution < 1.29 is 19.1 Å². The van der Waals surface area contributed by atoms with Crippen LogP contribution in [0.5, 0.6) is 0 Å². The molecular formula is C24H25Cl2NO4. The third-order valence-corrected chi connectivity index (χ3v) is 6.63. The number of nitrogens with zero attached hydrogens (tertiary/aromatic N) is 1. The van der Waals surface area contributed by atoms with Gasteiger partial charge in [-0.3, -0.25) is 9.59 Å². The second-order valence-corrected chi connectivity index (χ2v) is 9.04. The molecule has 1 heterocycles.